The smallest absolute Gasteiger partial charge is 0.276 e. The summed E-state index contributed by atoms with van der Waals surface area (Å²) in [5.74, 6) is -0.833. The van der Waals surface area contributed by atoms with Gasteiger partial charge < -0.3 is 10.6 Å². The number of halogens is 2. The molecule has 32 heavy (non-hydrogen) atoms. The van der Waals surface area contributed by atoms with Crippen molar-refractivity contribution in [2.45, 2.75) is 6.54 Å². The molecule has 0 radical (unpaired) electrons. The zero-order valence-electron chi connectivity index (χ0n) is 16.9. The molecule has 0 aliphatic rings. The topological polar surface area (TPSA) is 93.8 Å². The molecule has 0 aliphatic heterocycles. The number of aryl methyl sites for hydroxylation is 1. The molecule has 0 spiro atoms. The van der Waals surface area contributed by atoms with Crippen LogP contribution in [0.25, 0.3) is 0 Å². The van der Waals surface area contributed by atoms with Gasteiger partial charge >= 0.3 is 0 Å². The highest BCUT2D eigenvalue weighted by Gasteiger charge is 2.17. The summed E-state index contributed by atoms with van der Waals surface area (Å²) in [6.07, 6.45) is 3.16. The molecule has 0 saturated carbocycles. The first kappa shape index (κ1) is 21.3. The van der Waals surface area contributed by atoms with Crippen LogP contribution in [0.5, 0.6) is 0 Å². The van der Waals surface area contributed by atoms with Crippen molar-refractivity contribution in [3.8, 4) is 0 Å². The van der Waals surface area contributed by atoms with Crippen molar-refractivity contribution in [2.24, 2.45) is 7.05 Å². The maximum absolute atomic E-state index is 13.0. The van der Waals surface area contributed by atoms with Crippen molar-refractivity contribution in [3.05, 3.63) is 94.7 Å². The predicted octanol–water partition coefficient (Wildman–Crippen LogP) is 3.96. The molecular formula is C22H18ClFN6O2. The lowest BCUT2D eigenvalue weighted by Crippen LogP contribution is -2.14. The van der Waals surface area contributed by atoms with E-state index in [1.807, 2.05) is 0 Å². The zero-order valence-corrected chi connectivity index (χ0v) is 17.7. The third-order valence-electron chi connectivity index (χ3n) is 4.62. The Hall–Kier alpha value is -3.98. The molecule has 2 amide bonds. The van der Waals surface area contributed by atoms with Crippen LogP contribution in [0, 0.1) is 5.82 Å². The molecule has 2 aromatic carbocycles. The fourth-order valence-corrected chi connectivity index (χ4v) is 3.23. The van der Waals surface area contributed by atoms with E-state index in [0.717, 1.165) is 5.56 Å². The van der Waals surface area contributed by atoms with E-state index < -0.39 is 11.8 Å². The highest BCUT2D eigenvalue weighted by molar-refractivity contribution is 6.34. The SMILES string of the molecule is Cn1nc(C(=O)Nc2cnn(Cc3ccc(F)cc3)c2)cc1NC(=O)c1ccccc1Cl. The first-order chi connectivity index (χ1) is 15.4. The number of aromatic nitrogens is 4. The fourth-order valence-electron chi connectivity index (χ4n) is 3.01. The van der Waals surface area contributed by atoms with Crippen molar-refractivity contribution >= 4 is 34.9 Å². The maximum atomic E-state index is 13.0. The molecule has 4 aromatic rings. The molecule has 4 rings (SSSR count). The number of hydrogen-bond acceptors (Lipinski definition) is 4. The van der Waals surface area contributed by atoms with Crippen molar-refractivity contribution in [1.82, 2.24) is 19.6 Å². The molecule has 162 valence electrons. The van der Waals surface area contributed by atoms with E-state index in [2.05, 4.69) is 20.8 Å². The number of amides is 2. The molecule has 2 aromatic heterocycles. The highest BCUT2D eigenvalue weighted by atomic mass is 35.5. The molecule has 2 heterocycles. The van der Waals surface area contributed by atoms with Gasteiger partial charge in [0, 0.05) is 19.3 Å². The standard InChI is InChI=1S/C22H18ClFN6O2/c1-29-20(27-21(31)17-4-2-3-5-18(17)23)10-19(28-29)22(32)26-16-11-25-30(13-16)12-14-6-8-15(24)9-7-14/h2-11,13H,12H2,1H3,(H,26,32)(H,27,31). The summed E-state index contributed by atoms with van der Waals surface area (Å²) in [6, 6.07) is 14.2. The van der Waals surface area contributed by atoms with E-state index in [0.29, 0.717) is 28.6 Å². The van der Waals surface area contributed by atoms with Gasteiger partial charge in [-0.1, -0.05) is 35.9 Å². The lowest BCUT2D eigenvalue weighted by atomic mass is 10.2. The largest absolute Gasteiger partial charge is 0.318 e. The highest BCUT2D eigenvalue weighted by Crippen LogP contribution is 2.18. The molecule has 8 nitrogen and oxygen atoms in total. The van der Waals surface area contributed by atoms with Crippen molar-refractivity contribution in [3.63, 3.8) is 0 Å². The van der Waals surface area contributed by atoms with Gasteiger partial charge in [-0.15, -0.1) is 0 Å². The zero-order chi connectivity index (χ0) is 22.7. The summed E-state index contributed by atoms with van der Waals surface area (Å²) in [6.45, 7) is 0.429. The lowest BCUT2D eigenvalue weighted by Gasteiger charge is -2.06. The van der Waals surface area contributed by atoms with Gasteiger partial charge in [0.25, 0.3) is 11.8 Å². The van der Waals surface area contributed by atoms with Gasteiger partial charge in [-0.2, -0.15) is 10.2 Å². The Morgan fingerprint density at radius 2 is 1.81 bits per heavy atom. The molecule has 0 fully saturated rings. The van der Waals surface area contributed by atoms with Crippen LogP contribution >= 0.6 is 11.6 Å². The van der Waals surface area contributed by atoms with Gasteiger partial charge in [0.15, 0.2) is 5.69 Å². The Kier molecular flexibility index (Phi) is 6.00. The van der Waals surface area contributed by atoms with Crippen LogP contribution in [0.3, 0.4) is 0 Å². The minimum atomic E-state index is -0.458. The van der Waals surface area contributed by atoms with Gasteiger partial charge in [0.1, 0.15) is 11.6 Å². The minimum absolute atomic E-state index is 0.119. The van der Waals surface area contributed by atoms with E-state index in [1.54, 1.807) is 54.3 Å². The summed E-state index contributed by atoms with van der Waals surface area (Å²) in [5.41, 5.74) is 1.78. The Labute approximate surface area is 187 Å². The quantitative estimate of drug-likeness (QED) is 0.463. The van der Waals surface area contributed by atoms with Crippen molar-refractivity contribution in [2.75, 3.05) is 10.6 Å². The molecule has 0 saturated heterocycles. The first-order valence-electron chi connectivity index (χ1n) is 9.57. The normalized spacial score (nSPS) is 10.7. The van der Waals surface area contributed by atoms with Crippen LogP contribution in [0.1, 0.15) is 26.4 Å². The van der Waals surface area contributed by atoms with Gasteiger partial charge in [0.2, 0.25) is 0 Å². The van der Waals surface area contributed by atoms with Gasteiger partial charge in [0.05, 0.1) is 29.0 Å². The van der Waals surface area contributed by atoms with Crippen molar-refractivity contribution < 1.29 is 14.0 Å². The summed E-state index contributed by atoms with van der Waals surface area (Å²) in [5, 5.41) is 14.1. The second-order valence-electron chi connectivity index (χ2n) is 6.98. The first-order valence-corrected chi connectivity index (χ1v) is 9.95. The van der Waals surface area contributed by atoms with Crippen LogP contribution in [0.15, 0.2) is 67.0 Å². The summed E-state index contributed by atoms with van der Waals surface area (Å²) in [4.78, 5) is 25.1. The molecule has 0 bridgehead atoms. The van der Waals surface area contributed by atoms with Crippen LogP contribution in [0.4, 0.5) is 15.9 Å². The van der Waals surface area contributed by atoms with Gasteiger partial charge in [-0.3, -0.25) is 19.0 Å². The third-order valence-corrected chi connectivity index (χ3v) is 4.95. The van der Waals surface area contributed by atoms with E-state index in [4.69, 9.17) is 11.6 Å². The van der Waals surface area contributed by atoms with Crippen molar-refractivity contribution in [1.29, 1.82) is 0 Å². The Morgan fingerprint density at radius 3 is 2.56 bits per heavy atom. The number of carbonyl (C=O) groups is 2. The molecule has 0 aliphatic carbocycles. The number of hydrogen-bond donors (Lipinski definition) is 2. The third kappa shape index (κ3) is 4.84. The summed E-state index contributed by atoms with van der Waals surface area (Å²) < 4.78 is 16.0. The van der Waals surface area contributed by atoms with Crippen LogP contribution in [0.2, 0.25) is 5.02 Å². The second-order valence-corrected chi connectivity index (χ2v) is 7.39. The van der Waals surface area contributed by atoms with E-state index in [-0.39, 0.29) is 11.5 Å². The summed E-state index contributed by atoms with van der Waals surface area (Å²) in [7, 11) is 1.61. The number of carbonyl (C=O) groups excluding carboxylic acids is 2. The fraction of sp³-hybridized carbons (Fsp3) is 0.0909. The average Bonchev–Trinajstić information content (AvgIpc) is 3.36. The Balaban J connectivity index is 1.41. The minimum Gasteiger partial charge on any atom is -0.318 e. The molecule has 0 unspecified atom stereocenters. The monoisotopic (exact) mass is 452 g/mol. The van der Waals surface area contributed by atoms with Crippen LogP contribution in [-0.2, 0) is 13.6 Å². The average molecular weight is 453 g/mol. The Morgan fingerprint density at radius 1 is 1.06 bits per heavy atom. The maximum Gasteiger partial charge on any atom is 0.276 e. The molecular weight excluding hydrogens is 435 g/mol. The van der Waals surface area contributed by atoms with Gasteiger partial charge in [-0.25, -0.2) is 4.39 Å². The van der Waals surface area contributed by atoms with E-state index in [9.17, 15) is 14.0 Å². The number of benzene rings is 2. The summed E-state index contributed by atoms with van der Waals surface area (Å²) >= 11 is 6.06. The van der Waals surface area contributed by atoms with E-state index >= 15 is 0 Å². The molecule has 0 atom stereocenters. The number of anilines is 2. The molecule has 2 N–H and O–H groups in total. The van der Waals surface area contributed by atoms with Crippen LogP contribution < -0.4 is 10.6 Å². The predicted molar refractivity (Wildman–Crippen MR) is 118 cm³/mol. The lowest BCUT2D eigenvalue weighted by molar-refractivity contribution is 0.101. The molecule has 10 heteroatoms. The Bertz CT molecular complexity index is 1280. The number of nitrogens with one attached hydrogen (secondary N) is 2. The van der Waals surface area contributed by atoms with Gasteiger partial charge in [-0.05, 0) is 29.8 Å². The van der Waals surface area contributed by atoms with E-state index in [1.165, 1.54) is 29.1 Å². The second kappa shape index (κ2) is 9.03. The number of nitrogens with zero attached hydrogens (tertiary/aromatic N) is 4. The number of rotatable bonds is 6. The van der Waals surface area contributed by atoms with Crippen LogP contribution in [-0.4, -0.2) is 31.4 Å².